The summed E-state index contributed by atoms with van der Waals surface area (Å²) in [4.78, 5) is 22.6. The zero-order valence-electron chi connectivity index (χ0n) is 12.7. The van der Waals surface area contributed by atoms with Crippen LogP contribution in [-0.4, -0.2) is 24.5 Å². The maximum absolute atomic E-state index is 12.0. The lowest BCUT2D eigenvalue weighted by atomic mass is 9.87. The quantitative estimate of drug-likeness (QED) is 0.733. The SMILES string of the molecule is CC(C)(C)[C@H](N)C(=O)Nc1ccc(OCCC(N)=O)cc1. The number of hydrogen-bond donors (Lipinski definition) is 3. The van der Waals surface area contributed by atoms with E-state index < -0.39 is 11.9 Å². The first kappa shape index (κ1) is 17.0. The van der Waals surface area contributed by atoms with Crippen LogP contribution in [0.5, 0.6) is 5.75 Å². The highest BCUT2D eigenvalue weighted by Gasteiger charge is 2.27. The summed E-state index contributed by atoms with van der Waals surface area (Å²) in [5, 5.41) is 2.76. The number of anilines is 1. The van der Waals surface area contributed by atoms with Gasteiger partial charge in [-0.2, -0.15) is 0 Å². The van der Waals surface area contributed by atoms with Crippen molar-refractivity contribution in [3.8, 4) is 5.75 Å². The van der Waals surface area contributed by atoms with Gasteiger partial charge < -0.3 is 21.5 Å². The summed E-state index contributed by atoms with van der Waals surface area (Å²) >= 11 is 0. The Bertz CT molecular complexity index is 492. The summed E-state index contributed by atoms with van der Waals surface area (Å²) < 4.78 is 5.34. The molecule has 0 bridgehead atoms. The van der Waals surface area contributed by atoms with E-state index in [2.05, 4.69) is 5.32 Å². The first-order chi connectivity index (χ1) is 9.70. The van der Waals surface area contributed by atoms with Gasteiger partial charge in [0.2, 0.25) is 11.8 Å². The van der Waals surface area contributed by atoms with Crippen molar-refractivity contribution in [1.82, 2.24) is 0 Å². The first-order valence-corrected chi connectivity index (χ1v) is 6.78. The molecule has 21 heavy (non-hydrogen) atoms. The molecule has 6 heteroatoms. The molecular formula is C15H23N3O3. The predicted octanol–water partition coefficient (Wildman–Crippen LogP) is 1.25. The van der Waals surface area contributed by atoms with Crippen LogP contribution in [0, 0.1) is 5.41 Å². The van der Waals surface area contributed by atoms with Crippen molar-refractivity contribution >= 4 is 17.5 Å². The van der Waals surface area contributed by atoms with Crippen LogP contribution in [-0.2, 0) is 9.59 Å². The van der Waals surface area contributed by atoms with E-state index in [1.807, 2.05) is 20.8 Å². The van der Waals surface area contributed by atoms with Gasteiger partial charge in [-0.15, -0.1) is 0 Å². The van der Waals surface area contributed by atoms with E-state index in [9.17, 15) is 9.59 Å². The van der Waals surface area contributed by atoms with Crippen LogP contribution in [0.25, 0.3) is 0 Å². The molecule has 2 amide bonds. The van der Waals surface area contributed by atoms with Gasteiger partial charge in [-0.25, -0.2) is 0 Å². The molecule has 1 rings (SSSR count). The molecule has 0 radical (unpaired) electrons. The molecule has 0 aliphatic heterocycles. The molecule has 0 aromatic heterocycles. The third-order valence-corrected chi connectivity index (χ3v) is 2.95. The lowest BCUT2D eigenvalue weighted by molar-refractivity contribution is -0.119. The molecular weight excluding hydrogens is 270 g/mol. The Kier molecular flexibility index (Phi) is 5.72. The number of rotatable bonds is 6. The molecule has 6 nitrogen and oxygen atoms in total. The second kappa shape index (κ2) is 7.08. The highest BCUT2D eigenvalue weighted by Crippen LogP contribution is 2.20. The number of hydrogen-bond acceptors (Lipinski definition) is 4. The average molecular weight is 293 g/mol. The number of nitrogens with one attached hydrogen (secondary N) is 1. The largest absolute Gasteiger partial charge is 0.493 e. The van der Waals surface area contributed by atoms with Gasteiger partial charge in [0, 0.05) is 5.69 Å². The van der Waals surface area contributed by atoms with Gasteiger partial charge in [0.1, 0.15) is 5.75 Å². The summed E-state index contributed by atoms with van der Waals surface area (Å²) in [7, 11) is 0. The van der Waals surface area contributed by atoms with Crippen molar-refractivity contribution < 1.29 is 14.3 Å². The summed E-state index contributed by atoms with van der Waals surface area (Å²) in [6.45, 7) is 5.96. The number of amides is 2. The Labute approximate surface area is 124 Å². The van der Waals surface area contributed by atoms with E-state index in [0.717, 1.165) is 0 Å². The van der Waals surface area contributed by atoms with Gasteiger partial charge in [-0.3, -0.25) is 9.59 Å². The van der Waals surface area contributed by atoms with Crippen LogP contribution in [0.3, 0.4) is 0 Å². The molecule has 0 spiro atoms. The summed E-state index contributed by atoms with van der Waals surface area (Å²) in [6, 6.07) is 6.25. The maximum Gasteiger partial charge on any atom is 0.241 e. The predicted molar refractivity (Wildman–Crippen MR) is 81.8 cm³/mol. The zero-order valence-corrected chi connectivity index (χ0v) is 12.7. The molecule has 0 fully saturated rings. The summed E-state index contributed by atoms with van der Waals surface area (Å²) in [5.41, 5.74) is 11.2. The molecule has 1 aromatic rings. The molecule has 116 valence electrons. The minimum atomic E-state index is -0.594. The Balaban J connectivity index is 2.55. The average Bonchev–Trinajstić information content (AvgIpc) is 2.38. The monoisotopic (exact) mass is 293 g/mol. The minimum absolute atomic E-state index is 0.166. The fourth-order valence-electron chi connectivity index (χ4n) is 1.52. The number of carbonyl (C=O) groups is 2. The summed E-state index contributed by atoms with van der Waals surface area (Å²) in [5.74, 6) is -0.0330. The van der Waals surface area contributed by atoms with Crippen molar-refractivity contribution in [3.63, 3.8) is 0 Å². The van der Waals surface area contributed by atoms with Crippen molar-refractivity contribution in [1.29, 1.82) is 0 Å². The van der Waals surface area contributed by atoms with Gasteiger partial charge in [-0.05, 0) is 29.7 Å². The zero-order chi connectivity index (χ0) is 16.0. The van der Waals surface area contributed by atoms with E-state index in [1.165, 1.54) is 0 Å². The third-order valence-electron chi connectivity index (χ3n) is 2.95. The third kappa shape index (κ3) is 5.83. The molecule has 0 saturated heterocycles. The molecule has 0 heterocycles. The normalized spacial score (nSPS) is 12.6. The molecule has 0 aliphatic rings. The molecule has 1 atom stereocenters. The molecule has 0 saturated carbocycles. The van der Waals surface area contributed by atoms with Crippen LogP contribution < -0.4 is 21.5 Å². The fourth-order valence-corrected chi connectivity index (χ4v) is 1.52. The maximum atomic E-state index is 12.0. The van der Waals surface area contributed by atoms with E-state index in [0.29, 0.717) is 11.4 Å². The topological polar surface area (TPSA) is 107 Å². The Morgan fingerprint density at radius 3 is 2.29 bits per heavy atom. The van der Waals surface area contributed by atoms with Crippen molar-refractivity contribution in [2.75, 3.05) is 11.9 Å². The van der Waals surface area contributed by atoms with Crippen LogP contribution in [0.1, 0.15) is 27.2 Å². The molecule has 1 aromatic carbocycles. The Morgan fingerprint density at radius 1 is 1.24 bits per heavy atom. The Hall–Kier alpha value is -2.08. The summed E-state index contributed by atoms with van der Waals surface area (Å²) in [6.07, 6.45) is 0.166. The smallest absolute Gasteiger partial charge is 0.241 e. The van der Waals surface area contributed by atoms with Gasteiger partial charge in [0.25, 0.3) is 0 Å². The van der Waals surface area contributed by atoms with Crippen molar-refractivity contribution in [3.05, 3.63) is 24.3 Å². The van der Waals surface area contributed by atoms with Crippen molar-refractivity contribution in [2.45, 2.75) is 33.2 Å². The van der Waals surface area contributed by atoms with Gasteiger partial charge >= 0.3 is 0 Å². The lowest BCUT2D eigenvalue weighted by Crippen LogP contribution is -2.45. The highest BCUT2D eigenvalue weighted by molar-refractivity contribution is 5.95. The number of nitrogens with two attached hydrogens (primary N) is 2. The molecule has 5 N–H and O–H groups in total. The van der Waals surface area contributed by atoms with E-state index in [1.54, 1.807) is 24.3 Å². The lowest BCUT2D eigenvalue weighted by Gasteiger charge is -2.25. The Morgan fingerprint density at radius 2 is 1.81 bits per heavy atom. The van der Waals surface area contributed by atoms with Crippen LogP contribution in [0.2, 0.25) is 0 Å². The number of ether oxygens (including phenoxy) is 1. The highest BCUT2D eigenvalue weighted by atomic mass is 16.5. The van der Waals surface area contributed by atoms with Crippen LogP contribution in [0.4, 0.5) is 5.69 Å². The minimum Gasteiger partial charge on any atom is -0.493 e. The van der Waals surface area contributed by atoms with Gasteiger partial charge in [0.05, 0.1) is 19.1 Å². The number of primary amides is 1. The van der Waals surface area contributed by atoms with E-state index in [4.69, 9.17) is 16.2 Å². The molecule has 0 aliphatic carbocycles. The second-order valence-electron chi connectivity index (χ2n) is 5.92. The second-order valence-corrected chi connectivity index (χ2v) is 5.92. The van der Waals surface area contributed by atoms with Crippen LogP contribution >= 0.6 is 0 Å². The fraction of sp³-hybridized carbons (Fsp3) is 0.467. The van der Waals surface area contributed by atoms with Gasteiger partial charge in [-0.1, -0.05) is 20.8 Å². The van der Waals surface area contributed by atoms with E-state index in [-0.39, 0.29) is 24.3 Å². The van der Waals surface area contributed by atoms with Crippen LogP contribution in [0.15, 0.2) is 24.3 Å². The molecule has 0 unspecified atom stereocenters. The number of carbonyl (C=O) groups excluding carboxylic acids is 2. The van der Waals surface area contributed by atoms with Gasteiger partial charge in [0.15, 0.2) is 0 Å². The standard InChI is InChI=1S/C15H23N3O3/c1-15(2,3)13(17)14(20)18-10-4-6-11(7-5-10)21-9-8-12(16)19/h4-7,13H,8-9,17H2,1-3H3,(H2,16,19)(H,18,20)/t13-/m1/s1. The van der Waals surface area contributed by atoms with E-state index >= 15 is 0 Å². The first-order valence-electron chi connectivity index (χ1n) is 6.78. The number of benzene rings is 1. The van der Waals surface area contributed by atoms with Crippen molar-refractivity contribution in [2.24, 2.45) is 16.9 Å².